The van der Waals surface area contributed by atoms with Gasteiger partial charge in [-0.05, 0) is 41.1 Å². The van der Waals surface area contributed by atoms with Gasteiger partial charge in [0, 0.05) is 22.6 Å². The van der Waals surface area contributed by atoms with Crippen molar-refractivity contribution in [3.05, 3.63) is 52.8 Å². The second-order valence-electron chi connectivity index (χ2n) is 4.90. The summed E-state index contributed by atoms with van der Waals surface area (Å²) in [6.45, 7) is 1.86. The van der Waals surface area contributed by atoms with Crippen molar-refractivity contribution in [2.24, 2.45) is 0 Å². The number of hydrogen-bond acceptors (Lipinski definition) is 6. The molecule has 0 aromatic carbocycles. The second-order valence-corrected chi connectivity index (χ2v) is 6.74. The number of hydrogen-bond donors (Lipinski definition) is 0. The number of pyridine rings is 1. The Morgan fingerprint density at radius 2 is 2.13 bits per heavy atom. The van der Waals surface area contributed by atoms with Crippen LogP contribution in [-0.4, -0.2) is 19.6 Å². The van der Waals surface area contributed by atoms with Crippen LogP contribution in [0.15, 0.2) is 55.4 Å². The van der Waals surface area contributed by atoms with Crippen LogP contribution in [0, 0.1) is 6.92 Å². The molecule has 0 N–H and O–H groups in total. The summed E-state index contributed by atoms with van der Waals surface area (Å²) in [4.78, 5) is 4.56. The van der Waals surface area contributed by atoms with Crippen molar-refractivity contribution < 1.29 is 8.83 Å². The van der Waals surface area contributed by atoms with Gasteiger partial charge in [-0.3, -0.25) is 0 Å². The quantitative estimate of drug-likeness (QED) is 0.482. The lowest BCUT2D eigenvalue weighted by atomic mass is 10.3. The largest absolute Gasteiger partial charge is 0.469 e. The molecule has 0 atom stereocenters. The van der Waals surface area contributed by atoms with Gasteiger partial charge < -0.3 is 13.2 Å². The zero-order chi connectivity index (χ0) is 15.8. The smallest absolute Gasteiger partial charge is 0.277 e. The van der Waals surface area contributed by atoms with E-state index in [0.29, 0.717) is 16.9 Å². The average Bonchev–Trinajstić information content (AvgIpc) is 3.23. The Morgan fingerprint density at radius 1 is 1.22 bits per heavy atom. The van der Waals surface area contributed by atoms with Gasteiger partial charge >= 0.3 is 0 Å². The molecular formula is C15H11BrN4O2S. The molecule has 0 saturated carbocycles. The van der Waals surface area contributed by atoms with Crippen molar-refractivity contribution in [3.8, 4) is 11.5 Å². The van der Waals surface area contributed by atoms with Crippen LogP contribution in [0.5, 0.6) is 0 Å². The SMILES string of the molecule is Cc1occc1-c1nnc(SCc2cn3cc(Br)ccc3n2)o1. The van der Waals surface area contributed by atoms with E-state index in [1.807, 2.05) is 41.9 Å². The molecule has 116 valence electrons. The van der Waals surface area contributed by atoms with Gasteiger partial charge in [-0.25, -0.2) is 4.98 Å². The highest BCUT2D eigenvalue weighted by molar-refractivity contribution is 9.10. The van der Waals surface area contributed by atoms with Crippen molar-refractivity contribution in [1.29, 1.82) is 0 Å². The van der Waals surface area contributed by atoms with Crippen LogP contribution >= 0.6 is 27.7 Å². The molecule has 8 heteroatoms. The fraction of sp³-hybridized carbons (Fsp3) is 0.133. The normalized spacial score (nSPS) is 11.4. The number of thioether (sulfide) groups is 1. The maximum absolute atomic E-state index is 5.66. The third-order valence-electron chi connectivity index (χ3n) is 3.30. The van der Waals surface area contributed by atoms with Crippen LogP contribution in [0.4, 0.5) is 0 Å². The zero-order valence-corrected chi connectivity index (χ0v) is 14.5. The van der Waals surface area contributed by atoms with E-state index in [0.717, 1.165) is 27.1 Å². The number of imidazole rings is 1. The predicted octanol–water partition coefficient (Wildman–Crippen LogP) is 4.34. The van der Waals surface area contributed by atoms with Crippen LogP contribution in [0.3, 0.4) is 0 Å². The Balaban J connectivity index is 1.50. The van der Waals surface area contributed by atoms with Crippen LogP contribution in [-0.2, 0) is 5.75 Å². The first-order valence-electron chi connectivity index (χ1n) is 6.83. The van der Waals surface area contributed by atoms with E-state index < -0.39 is 0 Å². The minimum Gasteiger partial charge on any atom is -0.469 e. The Kier molecular flexibility index (Phi) is 3.70. The third kappa shape index (κ3) is 2.91. The van der Waals surface area contributed by atoms with Gasteiger partial charge in [-0.2, -0.15) is 0 Å². The molecule has 6 nitrogen and oxygen atoms in total. The molecule has 4 aromatic heterocycles. The lowest BCUT2D eigenvalue weighted by molar-refractivity contribution is 0.463. The van der Waals surface area contributed by atoms with Gasteiger partial charge in [0.15, 0.2) is 0 Å². The fourth-order valence-corrected chi connectivity index (χ4v) is 3.21. The molecule has 0 fully saturated rings. The van der Waals surface area contributed by atoms with Crippen LogP contribution in [0.1, 0.15) is 11.5 Å². The Labute approximate surface area is 144 Å². The third-order valence-corrected chi connectivity index (χ3v) is 4.63. The minimum absolute atomic E-state index is 0.470. The number of rotatable bonds is 4. The maximum atomic E-state index is 5.66. The number of halogens is 1. The summed E-state index contributed by atoms with van der Waals surface area (Å²) < 4.78 is 13.9. The lowest BCUT2D eigenvalue weighted by Crippen LogP contribution is -1.80. The molecule has 23 heavy (non-hydrogen) atoms. The number of fused-ring (bicyclic) bond motifs is 1. The maximum Gasteiger partial charge on any atom is 0.277 e. The second kappa shape index (κ2) is 5.86. The van der Waals surface area contributed by atoms with Gasteiger partial charge in [0.2, 0.25) is 0 Å². The zero-order valence-electron chi connectivity index (χ0n) is 12.1. The predicted molar refractivity (Wildman–Crippen MR) is 89.2 cm³/mol. The molecule has 4 heterocycles. The summed E-state index contributed by atoms with van der Waals surface area (Å²) in [5.74, 6) is 1.89. The molecular weight excluding hydrogens is 380 g/mol. The van der Waals surface area contributed by atoms with Crippen molar-refractivity contribution in [1.82, 2.24) is 19.6 Å². The van der Waals surface area contributed by atoms with E-state index in [-0.39, 0.29) is 0 Å². The van der Waals surface area contributed by atoms with Gasteiger partial charge in [0.05, 0.1) is 17.5 Å². The van der Waals surface area contributed by atoms with Crippen molar-refractivity contribution >= 4 is 33.3 Å². The van der Waals surface area contributed by atoms with Crippen LogP contribution in [0.2, 0.25) is 0 Å². The number of aryl methyl sites for hydroxylation is 1. The summed E-state index contributed by atoms with van der Waals surface area (Å²) in [5, 5.41) is 8.63. The summed E-state index contributed by atoms with van der Waals surface area (Å²) in [6, 6.07) is 5.75. The van der Waals surface area contributed by atoms with E-state index >= 15 is 0 Å². The standard InChI is InChI=1S/C15H11BrN4O2S/c1-9-12(4-5-21-9)14-18-19-15(22-14)23-8-11-7-20-6-10(16)2-3-13(20)17-11/h2-7H,8H2,1H3. The summed E-state index contributed by atoms with van der Waals surface area (Å²) in [7, 11) is 0. The molecule has 0 spiro atoms. The molecule has 0 aliphatic carbocycles. The number of nitrogens with zero attached hydrogens (tertiary/aromatic N) is 4. The molecule has 0 aliphatic rings. The van der Waals surface area contributed by atoms with E-state index in [2.05, 4.69) is 31.1 Å². The van der Waals surface area contributed by atoms with Crippen LogP contribution in [0.25, 0.3) is 17.1 Å². The van der Waals surface area contributed by atoms with Gasteiger partial charge in [-0.15, -0.1) is 10.2 Å². The molecule has 0 unspecified atom stereocenters. The van der Waals surface area contributed by atoms with E-state index in [1.165, 1.54) is 11.8 Å². The molecule has 0 bridgehead atoms. The van der Waals surface area contributed by atoms with E-state index in [9.17, 15) is 0 Å². The van der Waals surface area contributed by atoms with E-state index in [4.69, 9.17) is 8.83 Å². The molecule has 4 rings (SSSR count). The Morgan fingerprint density at radius 3 is 2.96 bits per heavy atom. The molecule has 0 saturated heterocycles. The number of furan rings is 1. The average molecular weight is 391 g/mol. The van der Waals surface area contributed by atoms with Crippen molar-refractivity contribution in [2.45, 2.75) is 17.9 Å². The van der Waals surface area contributed by atoms with Gasteiger partial charge in [0.25, 0.3) is 11.1 Å². The lowest BCUT2D eigenvalue weighted by Gasteiger charge is -1.92. The van der Waals surface area contributed by atoms with E-state index in [1.54, 1.807) is 6.26 Å². The Hall–Kier alpha value is -2.06. The summed E-state index contributed by atoms with van der Waals surface area (Å²) >= 11 is 4.91. The highest BCUT2D eigenvalue weighted by Gasteiger charge is 2.13. The van der Waals surface area contributed by atoms with Gasteiger partial charge in [-0.1, -0.05) is 11.8 Å². The minimum atomic E-state index is 0.470. The first-order chi connectivity index (χ1) is 11.2. The summed E-state index contributed by atoms with van der Waals surface area (Å²) in [6.07, 6.45) is 5.57. The van der Waals surface area contributed by atoms with Crippen molar-refractivity contribution in [3.63, 3.8) is 0 Å². The molecule has 0 aliphatic heterocycles. The molecule has 0 radical (unpaired) electrons. The molecule has 4 aromatic rings. The summed E-state index contributed by atoms with van der Waals surface area (Å²) in [5.41, 5.74) is 2.68. The topological polar surface area (TPSA) is 69.4 Å². The van der Waals surface area contributed by atoms with Gasteiger partial charge in [0.1, 0.15) is 11.4 Å². The Bertz CT molecular complexity index is 975. The first-order valence-corrected chi connectivity index (χ1v) is 8.61. The highest BCUT2D eigenvalue weighted by Crippen LogP contribution is 2.27. The monoisotopic (exact) mass is 390 g/mol. The van der Waals surface area contributed by atoms with Crippen molar-refractivity contribution in [2.75, 3.05) is 0 Å². The first kappa shape index (κ1) is 14.5. The fourth-order valence-electron chi connectivity index (χ4n) is 2.21. The molecule has 0 amide bonds. The highest BCUT2D eigenvalue weighted by atomic mass is 79.9. The number of aromatic nitrogens is 4. The van der Waals surface area contributed by atoms with Crippen LogP contribution < -0.4 is 0 Å².